The highest BCUT2D eigenvalue weighted by Gasteiger charge is 2.51. The number of nitrogens with zero attached hydrogens (tertiary/aromatic N) is 3. The maximum Gasteiger partial charge on any atom is 0.247 e. The van der Waals surface area contributed by atoms with Gasteiger partial charge in [0.15, 0.2) is 0 Å². The third-order valence-corrected chi connectivity index (χ3v) is 6.96. The Labute approximate surface area is 188 Å². The fourth-order valence-corrected chi connectivity index (χ4v) is 5.08. The highest BCUT2D eigenvalue weighted by molar-refractivity contribution is 5.79. The van der Waals surface area contributed by atoms with Crippen LogP contribution in [0.2, 0.25) is 0 Å². The molecule has 6 nitrogen and oxygen atoms in total. The van der Waals surface area contributed by atoms with E-state index >= 15 is 0 Å². The van der Waals surface area contributed by atoms with Crippen LogP contribution in [0.25, 0.3) is 11.5 Å². The smallest absolute Gasteiger partial charge is 0.247 e. The maximum absolute atomic E-state index is 13.2. The highest BCUT2D eigenvalue weighted by Crippen LogP contribution is 2.49. The lowest BCUT2D eigenvalue weighted by Gasteiger charge is -2.36. The molecule has 0 aliphatic carbocycles. The predicted molar refractivity (Wildman–Crippen MR) is 121 cm³/mol. The van der Waals surface area contributed by atoms with Crippen molar-refractivity contribution in [1.29, 1.82) is 0 Å². The van der Waals surface area contributed by atoms with Gasteiger partial charge in [-0.25, -0.2) is 0 Å². The molecule has 3 heterocycles. The first kappa shape index (κ1) is 20.9. The van der Waals surface area contributed by atoms with Gasteiger partial charge in [0.25, 0.3) is 0 Å². The Hall–Kier alpha value is -2.99. The standard InChI is InChI=1S/C26H29N3O3/c1-18-6-8-21(9-7-18)24-27-28-25(32-24)22-16-29(17-26(22)10-12-31-13-11-26)23(30)15-20-5-3-4-19(2)14-20/h3-9,14,22H,10-13,15-17H2,1-2H3. The number of amides is 1. The van der Waals surface area contributed by atoms with Crippen molar-refractivity contribution in [2.45, 2.75) is 39.0 Å². The largest absolute Gasteiger partial charge is 0.420 e. The van der Waals surface area contributed by atoms with Gasteiger partial charge in [0.05, 0.1) is 12.3 Å². The van der Waals surface area contributed by atoms with Gasteiger partial charge in [-0.15, -0.1) is 10.2 Å². The average molecular weight is 432 g/mol. The summed E-state index contributed by atoms with van der Waals surface area (Å²) in [6.45, 7) is 6.84. The first-order valence-electron chi connectivity index (χ1n) is 11.3. The van der Waals surface area contributed by atoms with Crippen LogP contribution in [0.5, 0.6) is 0 Å². The number of carbonyl (C=O) groups is 1. The number of hydrogen-bond acceptors (Lipinski definition) is 5. The zero-order chi connectivity index (χ0) is 22.1. The van der Waals surface area contributed by atoms with Crippen molar-refractivity contribution in [3.8, 4) is 11.5 Å². The Morgan fingerprint density at radius 1 is 1.06 bits per heavy atom. The molecule has 6 heteroatoms. The molecule has 2 fully saturated rings. The highest BCUT2D eigenvalue weighted by atomic mass is 16.5. The SMILES string of the molecule is Cc1ccc(-c2nnc(C3CN(C(=O)Cc4cccc(C)c4)CC34CCOCC4)o2)cc1. The van der Waals surface area contributed by atoms with E-state index in [9.17, 15) is 4.79 Å². The zero-order valence-corrected chi connectivity index (χ0v) is 18.7. The van der Waals surface area contributed by atoms with Crippen LogP contribution >= 0.6 is 0 Å². The van der Waals surface area contributed by atoms with E-state index in [4.69, 9.17) is 9.15 Å². The van der Waals surface area contributed by atoms with Crippen molar-refractivity contribution in [2.24, 2.45) is 5.41 Å². The molecule has 32 heavy (non-hydrogen) atoms. The fourth-order valence-electron chi connectivity index (χ4n) is 5.08. The van der Waals surface area contributed by atoms with Crippen LogP contribution in [0.15, 0.2) is 52.9 Å². The van der Waals surface area contributed by atoms with E-state index in [0.29, 0.717) is 44.5 Å². The minimum atomic E-state index is -0.0718. The van der Waals surface area contributed by atoms with Gasteiger partial charge < -0.3 is 14.1 Å². The van der Waals surface area contributed by atoms with Crippen LogP contribution in [0.3, 0.4) is 0 Å². The van der Waals surface area contributed by atoms with Gasteiger partial charge in [-0.1, -0.05) is 47.5 Å². The average Bonchev–Trinajstić information content (AvgIpc) is 3.40. The number of likely N-dealkylation sites (tertiary alicyclic amines) is 1. The molecule has 0 N–H and O–H groups in total. The number of aryl methyl sites for hydroxylation is 2. The normalized spacial score (nSPS) is 20.1. The molecule has 1 aromatic heterocycles. The quantitative estimate of drug-likeness (QED) is 0.615. The molecule has 0 radical (unpaired) electrons. The molecule has 2 aromatic carbocycles. The third-order valence-electron chi connectivity index (χ3n) is 6.96. The van der Waals surface area contributed by atoms with E-state index in [1.807, 2.05) is 41.3 Å². The number of hydrogen-bond donors (Lipinski definition) is 0. The van der Waals surface area contributed by atoms with Crippen LogP contribution in [-0.2, 0) is 16.0 Å². The minimum absolute atomic E-state index is 0.0274. The van der Waals surface area contributed by atoms with Crippen molar-refractivity contribution in [3.63, 3.8) is 0 Å². The second-order valence-corrected chi connectivity index (χ2v) is 9.28. The summed E-state index contributed by atoms with van der Waals surface area (Å²) in [7, 11) is 0. The number of ether oxygens (including phenoxy) is 1. The monoisotopic (exact) mass is 431 g/mol. The van der Waals surface area contributed by atoms with Crippen molar-refractivity contribution in [1.82, 2.24) is 15.1 Å². The van der Waals surface area contributed by atoms with Crippen molar-refractivity contribution in [2.75, 3.05) is 26.3 Å². The molecular weight excluding hydrogens is 402 g/mol. The van der Waals surface area contributed by atoms with Gasteiger partial charge in [0.1, 0.15) is 0 Å². The number of rotatable bonds is 4. The van der Waals surface area contributed by atoms with Crippen LogP contribution in [-0.4, -0.2) is 47.3 Å². The summed E-state index contributed by atoms with van der Waals surface area (Å²) in [5.41, 5.74) is 4.26. The summed E-state index contributed by atoms with van der Waals surface area (Å²) in [5, 5.41) is 8.78. The number of aromatic nitrogens is 2. The van der Waals surface area contributed by atoms with Crippen LogP contribution in [0, 0.1) is 19.3 Å². The van der Waals surface area contributed by atoms with Gasteiger partial charge in [0, 0.05) is 37.3 Å². The van der Waals surface area contributed by atoms with E-state index in [1.54, 1.807) is 0 Å². The zero-order valence-electron chi connectivity index (χ0n) is 18.7. The van der Waals surface area contributed by atoms with Crippen LogP contribution in [0.4, 0.5) is 0 Å². The van der Waals surface area contributed by atoms with E-state index < -0.39 is 0 Å². The van der Waals surface area contributed by atoms with E-state index in [-0.39, 0.29) is 17.2 Å². The molecule has 166 valence electrons. The molecule has 5 rings (SSSR count). The van der Waals surface area contributed by atoms with Crippen molar-refractivity contribution in [3.05, 3.63) is 71.1 Å². The molecule has 1 amide bonds. The summed E-state index contributed by atoms with van der Waals surface area (Å²) in [6.07, 6.45) is 2.21. The molecule has 2 aliphatic rings. The van der Waals surface area contributed by atoms with Gasteiger partial charge >= 0.3 is 0 Å². The molecule has 0 saturated carbocycles. The molecule has 1 atom stereocenters. The molecule has 2 saturated heterocycles. The molecule has 1 spiro atoms. The summed E-state index contributed by atoms with van der Waals surface area (Å²) < 4.78 is 11.8. The van der Waals surface area contributed by atoms with Gasteiger partial charge in [-0.05, 0) is 44.4 Å². The maximum atomic E-state index is 13.2. The molecule has 3 aromatic rings. The van der Waals surface area contributed by atoms with Gasteiger partial charge in [-0.2, -0.15) is 0 Å². The summed E-state index contributed by atoms with van der Waals surface area (Å²) >= 11 is 0. The lowest BCUT2D eigenvalue weighted by atomic mass is 9.72. The minimum Gasteiger partial charge on any atom is -0.420 e. The molecular formula is C26H29N3O3. The summed E-state index contributed by atoms with van der Waals surface area (Å²) in [5.74, 6) is 1.35. The fraction of sp³-hybridized carbons (Fsp3) is 0.423. The Kier molecular flexibility index (Phi) is 5.55. The molecule has 2 aliphatic heterocycles. The van der Waals surface area contributed by atoms with Crippen molar-refractivity contribution < 1.29 is 13.9 Å². The first-order chi connectivity index (χ1) is 15.5. The Bertz CT molecular complexity index is 1100. The predicted octanol–water partition coefficient (Wildman–Crippen LogP) is 4.32. The molecule has 0 bridgehead atoms. The molecule has 1 unspecified atom stereocenters. The summed E-state index contributed by atoms with van der Waals surface area (Å²) in [4.78, 5) is 15.2. The van der Waals surface area contributed by atoms with Gasteiger partial charge in [-0.3, -0.25) is 4.79 Å². The van der Waals surface area contributed by atoms with Crippen LogP contribution in [0.1, 0.15) is 41.3 Å². The lowest BCUT2D eigenvalue weighted by Crippen LogP contribution is -2.37. The first-order valence-corrected chi connectivity index (χ1v) is 11.3. The third kappa shape index (κ3) is 4.07. The summed E-state index contributed by atoms with van der Waals surface area (Å²) in [6, 6.07) is 16.3. The van der Waals surface area contributed by atoms with Crippen molar-refractivity contribution >= 4 is 5.91 Å². The van der Waals surface area contributed by atoms with E-state index in [2.05, 4.69) is 36.2 Å². The second kappa shape index (κ2) is 8.51. The Morgan fingerprint density at radius 2 is 1.84 bits per heavy atom. The Morgan fingerprint density at radius 3 is 2.59 bits per heavy atom. The Balaban J connectivity index is 1.39. The van der Waals surface area contributed by atoms with Gasteiger partial charge in [0.2, 0.25) is 17.7 Å². The van der Waals surface area contributed by atoms with E-state index in [0.717, 1.165) is 24.0 Å². The topological polar surface area (TPSA) is 68.5 Å². The lowest BCUT2D eigenvalue weighted by molar-refractivity contribution is -0.130. The second-order valence-electron chi connectivity index (χ2n) is 9.28. The number of benzene rings is 2. The number of carbonyl (C=O) groups excluding carboxylic acids is 1. The van der Waals surface area contributed by atoms with E-state index in [1.165, 1.54) is 11.1 Å². The van der Waals surface area contributed by atoms with Crippen LogP contribution < -0.4 is 0 Å².